The van der Waals surface area contributed by atoms with Crippen molar-refractivity contribution >= 4 is 11.5 Å². The predicted molar refractivity (Wildman–Crippen MR) is 117 cm³/mol. The number of nitro benzene ring substituents is 1. The van der Waals surface area contributed by atoms with Crippen LogP contribution in [0.15, 0.2) is 48.5 Å². The minimum Gasteiger partial charge on any atom is -0.489 e. The Morgan fingerprint density at radius 1 is 1.03 bits per heavy atom. The Kier molecular flexibility index (Phi) is 6.27. The number of carbonyl (C=O) groups excluding carboxylic acids is 1. The molecule has 0 spiro atoms. The molecule has 0 aromatic heterocycles. The summed E-state index contributed by atoms with van der Waals surface area (Å²) in [6.07, 6.45) is 2.52. The number of carbonyl (C=O) groups is 1. The summed E-state index contributed by atoms with van der Waals surface area (Å²) in [5, 5.41) is 14.4. The van der Waals surface area contributed by atoms with Gasteiger partial charge in [-0.25, -0.2) is 0 Å². The topological polar surface area (TPSA) is 81.5 Å². The first kappa shape index (κ1) is 22.0. The van der Waals surface area contributed by atoms with Crippen LogP contribution in [0.4, 0.5) is 5.69 Å². The van der Waals surface area contributed by atoms with E-state index in [-0.39, 0.29) is 22.5 Å². The second kappa shape index (κ2) is 8.56. The zero-order valence-corrected chi connectivity index (χ0v) is 18.1. The molecule has 1 saturated heterocycles. The summed E-state index contributed by atoms with van der Waals surface area (Å²) in [5.74, 6) is 1.19. The van der Waals surface area contributed by atoms with E-state index in [1.54, 1.807) is 24.3 Å². The smallest absolute Gasteiger partial charge is 0.269 e. The molecular formula is C24H30N2O4. The van der Waals surface area contributed by atoms with Crippen molar-refractivity contribution in [2.24, 2.45) is 5.92 Å². The van der Waals surface area contributed by atoms with Gasteiger partial charge in [0.1, 0.15) is 12.4 Å². The maximum atomic E-state index is 12.8. The molecule has 1 N–H and O–H groups in total. The second-order valence-electron chi connectivity index (χ2n) is 9.53. The lowest BCUT2D eigenvalue weighted by Gasteiger charge is -2.46. The van der Waals surface area contributed by atoms with Gasteiger partial charge in [0.25, 0.3) is 5.69 Å². The molecule has 1 fully saturated rings. The monoisotopic (exact) mass is 410 g/mol. The van der Waals surface area contributed by atoms with Crippen molar-refractivity contribution in [3.8, 4) is 5.75 Å². The molecule has 2 aromatic rings. The quantitative estimate of drug-likeness (QED) is 0.380. The summed E-state index contributed by atoms with van der Waals surface area (Å²) in [6, 6.07) is 13.5. The summed E-state index contributed by atoms with van der Waals surface area (Å²) in [4.78, 5) is 23.1. The number of piperidine rings is 1. The lowest BCUT2D eigenvalue weighted by atomic mass is 9.74. The van der Waals surface area contributed by atoms with Crippen molar-refractivity contribution < 1.29 is 14.5 Å². The maximum Gasteiger partial charge on any atom is 0.269 e. The number of ketones is 1. The minimum atomic E-state index is -0.424. The fraction of sp³-hybridized carbons (Fsp3) is 0.458. The first-order valence-corrected chi connectivity index (χ1v) is 10.3. The van der Waals surface area contributed by atoms with Gasteiger partial charge in [0, 0.05) is 35.2 Å². The molecule has 30 heavy (non-hydrogen) atoms. The van der Waals surface area contributed by atoms with E-state index in [1.165, 1.54) is 12.1 Å². The molecule has 0 amide bonds. The highest BCUT2D eigenvalue weighted by molar-refractivity contribution is 5.96. The Morgan fingerprint density at radius 3 is 2.13 bits per heavy atom. The average Bonchev–Trinajstić information content (AvgIpc) is 2.64. The number of nitrogens with zero attached hydrogens (tertiary/aromatic N) is 1. The summed E-state index contributed by atoms with van der Waals surface area (Å²) < 4.78 is 5.74. The van der Waals surface area contributed by atoms with Crippen LogP contribution < -0.4 is 10.1 Å². The molecule has 1 aliphatic rings. The van der Waals surface area contributed by atoms with E-state index in [4.69, 9.17) is 4.74 Å². The van der Waals surface area contributed by atoms with Gasteiger partial charge in [0.2, 0.25) is 0 Å². The van der Waals surface area contributed by atoms with Crippen LogP contribution >= 0.6 is 0 Å². The number of nitrogens with one attached hydrogen (secondary N) is 1. The number of benzene rings is 2. The fourth-order valence-electron chi connectivity index (χ4n) is 4.68. The van der Waals surface area contributed by atoms with Gasteiger partial charge in [-0.05, 0) is 88.4 Å². The Balaban J connectivity index is 1.56. The molecule has 2 aromatic carbocycles. The van der Waals surface area contributed by atoms with Crippen molar-refractivity contribution in [1.82, 2.24) is 5.32 Å². The van der Waals surface area contributed by atoms with Crippen molar-refractivity contribution in [1.29, 1.82) is 0 Å². The Morgan fingerprint density at radius 2 is 1.60 bits per heavy atom. The molecule has 1 aliphatic heterocycles. The average molecular weight is 411 g/mol. The van der Waals surface area contributed by atoms with Crippen LogP contribution in [0.1, 0.15) is 62.9 Å². The first-order valence-electron chi connectivity index (χ1n) is 10.3. The largest absolute Gasteiger partial charge is 0.489 e. The van der Waals surface area contributed by atoms with Gasteiger partial charge in [-0.2, -0.15) is 0 Å². The van der Waals surface area contributed by atoms with Gasteiger partial charge in [-0.3, -0.25) is 14.9 Å². The molecule has 1 heterocycles. The van der Waals surface area contributed by atoms with E-state index < -0.39 is 4.92 Å². The van der Waals surface area contributed by atoms with E-state index >= 15 is 0 Å². The third-order valence-corrected chi connectivity index (χ3v) is 5.48. The van der Waals surface area contributed by atoms with Gasteiger partial charge < -0.3 is 10.1 Å². The van der Waals surface area contributed by atoms with Gasteiger partial charge in [-0.1, -0.05) is 0 Å². The summed E-state index contributed by atoms with van der Waals surface area (Å²) >= 11 is 0. The first-order chi connectivity index (χ1) is 14.0. The number of non-ortho nitro benzene ring substituents is 1. The zero-order valence-electron chi connectivity index (χ0n) is 18.1. The molecule has 6 heteroatoms. The molecule has 3 rings (SSSR count). The molecule has 0 atom stereocenters. The molecule has 0 unspecified atom stereocenters. The van der Waals surface area contributed by atoms with Crippen molar-refractivity contribution in [2.45, 2.75) is 64.6 Å². The Bertz CT molecular complexity index is 886. The molecule has 0 saturated carbocycles. The van der Waals surface area contributed by atoms with Crippen molar-refractivity contribution in [3.63, 3.8) is 0 Å². The number of rotatable bonds is 7. The van der Waals surface area contributed by atoms with Crippen LogP contribution in [0.3, 0.4) is 0 Å². The van der Waals surface area contributed by atoms with E-state index in [2.05, 4.69) is 33.0 Å². The van der Waals surface area contributed by atoms with Gasteiger partial charge in [0.15, 0.2) is 5.78 Å². The van der Waals surface area contributed by atoms with E-state index in [9.17, 15) is 14.9 Å². The highest BCUT2D eigenvalue weighted by Crippen LogP contribution is 2.35. The van der Waals surface area contributed by atoms with Gasteiger partial charge >= 0.3 is 0 Å². The SMILES string of the molecule is CC1(C)CC(CC(=O)c2ccc(OCc3ccc([N+](=O)[O-])cc3)cc2)CC(C)(C)N1. The van der Waals surface area contributed by atoms with Crippen LogP contribution in [0.2, 0.25) is 0 Å². The lowest BCUT2D eigenvalue weighted by molar-refractivity contribution is -0.384. The van der Waals surface area contributed by atoms with Crippen LogP contribution in [-0.2, 0) is 6.61 Å². The number of ether oxygens (including phenoxy) is 1. The van der Waals surface area contributed by atoms with Crippen LogP contribution in [0.25, 0.3) is 0 Å². The summed E-state index contributed by atoms with van der Waals surface area (Å²) in [5.41, 5.74) is 1.66. The van der Waals surface area contributed by atoms with Crippen molar-refractivity contribution in [2.75, 3.05) is 0 Å². The van der Waals surface area contributed by atoms with Crippen LogP contribution in [-0.4, -0.2) is 21.8 Å². The highest BCUT2D eigenvalue weighted by Gasteiger charge is 2.38. The van der Waals surface area contributed by atoms with E-state index in [0.29, 0.717) is 30.3 Å². The summed E-state index contributed by atoms with van der Waals surface area (Å²) in [6.45, 7) is 9.10. The lowest BCUT2D eigenvalue weighted by Crippen LogP contribution is -2.57. The third kappa shape index (κ3) is 5.89. The molecular weight excluding hydrogens is 380 g/mol. The molecule has 0 aliphatic carbocycles. The Labute approximate surface area is 177 Å². The highest BCUT2D eigenvalue weighted by atomic mass is 16.6. The van der Waals surface area contributed by atoms with Crippen LogP contribution in [0.5, 0.6) is 5.75 Å². The van der Waals surface area contributed by atoms with E-state index in [1.807, 2.05) is 12.1 Å². The van der Waals surface area contributed by atoms with Crippen molar-refractivity contribution in [3.05, 3.63) is 69.8 Å². The van der Waals surface area contributed by atoms with Gasteiger partial charge in [0.05, 0.1) is 4.92 Å². The fourth-order valence-corrected chi connectivity index (χ4v) is 4.68. The van der Waals surface area contributed by atoms with Gasteiger partial charge in [-0.15, -0.1) is 0 Å². The predicted octanol–water partition coefficient (Wildman–Crippen LogP) is 5.30. The minimum absolute atomic E-state index is 0.0300. The number of hydrogen-bond donors (Lipinski definition) is 1. The molecule has 160 valence electrons. The number of nitro groups is 1. The molecule has 0 radical (unpaired) electrons. The standard InChI is InChI=1S/C24H30N2O4/c1-23(2)14-18(15-24(3,4)25-23)13-22(27)19-7-11-21(12-8-19)30-16-17-5-9-20(10-6-17)26(28)29/h5-12,18,25H,13-16H2,1-4H3. The Hall–Kier alpha value is -2.73. The number of hydrogen-bond acceptors (Lipinski definition) is 5. The normalized spacial score (nSPS) is 18.0. The maximum absolute atomic E-state index is 12.8. The number of Topliss-reactive ketones (excluding diaryl/α,β-unsaturated/α-hetero) is 1. The zero-order chi connectivity index (χ0) is 21.9. The third-order valence-electron chi connectivity index (χ3n) is 5.48. The van der Waals surface area contributed by atoms with Crippen LogP contribution in [0, 0.1) is 16.0 Å². The van der Waals surface area contributed by atoms with E-state index in [0.717, 1.165) is 18.4 Å². The summed E-state index contributed by atoms with van der Waals surface area (Å²) in [7, 11) is 0. The molecule has 6 nitrogen and oxygen atoms in total. The second-order valence-corrected chi connectivity index (χ2v) is 9.53. The molecule has 0 bridgehead atoms.